The fourth-order valence-electron chi connectivity index (χ4n) is 2.44. The molecule has 29 heavy (non-hydrogen) atoms. The summed E-state index contributed by atoms with van der Waals surface area (Å²) in [5.74, 6) is 5.75. The Bertz CT molecular complexity index is 1010. The summed E-state index contributed by atoms with van der Waals surface area (Å²) in [6.07, 6.45) is -2.96. The number of carboxylic acid groups (broad SMARTS) is 1. The van der Waals surface area contributed by atoms with Gasteiger partial charge in [0.2, 0.25) is 0 Å². The van der Waals surface area contributed by atoms with Gasteiger partial charge in [-0.05, 0) is 12.1 Å². The highest BCUT2D eigenvalue weighted by atomic mass is 16.8. The summed E-state index contributed by atoms with van der Waals surface area (Å²) in [5.41, 5.74) is 0.0869. The molecule has 2 aromatic rings. The third kappa shape index (κ3) is 5.14. The summed E-state index contributed by atoms with van der Waals surface area (Å²) in [5, 5.41) is 22.3. The zero-order valence-electron chi connectivity index (χ0n) is 14.8. The van der Waals surface area contributed by atoms with E-state index in [1.807, 2.05) is 11.4 Å². The first kappa shape index (κ1) is 19.5. The number of carbonyl (C=O) groups is 2. The van der Waals surface area contributed by atoms with E-state index in [0.29, 0.717) is 5.56 Å². The maximum Gasteiger partial charge on any atom is 0.508 e. The second-order valence-electron chi connectivity index (χ2n) is 5.78. The molecule has 10 nitrogen and oxygen atoms in total. The van der Waals surface area contributed by atoms with Crippen LogP contribution in [0.4, 0.5) is 21.0 Å². The second kappa shape index (κ2) is 8.62. The van der Waals surface area contributed by atoms with Crippen LogP contribution in [0.15, 0.2) is 42.5 Å². The first-order chi connectivity index (χ1) is 13.9. The zero-order valence-corrected chi connectivity index (χ0v) is 14.8. The summed E-state index contributed by atoms with van der Waals surface area (Å²) < 4.78 is 15.1. The highest BCUT2D eigenvalue weighted by molar-refractivity contribution is 5.87. The lowest BCUT2D eigenvalue weighted by molar-refractivity contribution is -0.384. The van der Waals surface area contributed by atoms with Gasteiger partial charge in [0.25, 0.3) is 5.69 Å². The number of nitro benzene ring substituents is 1. The number of rotatable bonds is 5. The van der Waals surface area contributed by atoms with Crippen LogP contribution in [0.5, 0.6) is 5.75 Å². The Labute approximate surface area is 164 Å². The molecule has 0 spiro atoms. The van der Waals surface area contributed by atoms with Crippen LogP contribution in [0.25, 0.3) is 0 Å². The number of hydrogen-bond acceptors (Lipinski definition) is 7. The van der Waals surface area contributed by atoms with Crippen LogP contribution in [0, 0.1) is 22.0 Å². The third-order valence-electron chi connectivity index (χ3n) is 3.73. The minimum absolute atomic E-state index is 0.00290. The Morgan fingerprint density at radius 2 is 2.07 bits per heavy atom. The molecule has 1 unspecified atom stereocenters. The molecule has 0 saturated carbocycles. The first-order valence-corrected chi connectivity index (χ1v) is 8.28. The monoisotopic (exact) mass is 398 g/mol. The number of amides is 1. The van der Waals surface area contributed by atoms with E-state index in [1.165, 1.54) is 6.07 Å². The fraction of sp³-hybridized carbons (Fsp3) is 0.158. The number of nitro groups is 1. The summed E-state index contributed by atoms with van der Waals surface area (Å²) in [6.45, 7) is -0.104. The first-order valence-electron chi connectivity index (χ1n) is 8.28. The molecule has 1 heterocycles. The Morgan fingerprint density at radius 3 is 2.69 bits per heavy atom. The van der Waals surface area contributed by atoms with Crippen LogP contribution >= 0.6 is 0 Å². The van der Waals surface area contributed by atoms with Crippen molar-refractivity contribution in [1.82, 2.24) is 0 Å². The van der Waals surface area contributed by atoms with Crippen molar-refractivity contribution < 1.29 is 33.8 Å². The molecule has 1 fully saturated rings. The Hall–Kier alpha value is -4.26. The molecule has 2 N–H and O–H groups in total. The van der Waals surface area contributed by atoms with E-state index in [-0.39, 0.29) is 30.2 Å². The lowest BCUT2D eigenvalue weighted by Gasteiger charge is -2.13. The van der Waals surface area contributed by atoms with Crippen molar-refractivity contribution in [3.8, 4) is 17.6 Å². The molecule has 2 aromatic carbocycles. The van der Waals surface area contributed by atoms with Gasteiger partial charge in [0.1, 0.15) is 24.7 Å². The normalized spacial score (nSPS) is 14.8. The molecule has 3 rings (SSSR count). The molecule has 0 bridgehead atoms. The molecule has 10 heteroatoms. The van der Waals surface area contributed by atoms with Crippen molar-refractivity contribution in [3.63, 3.8) is 0 Å². The standard InChI is InChI=1S/C19H14N2O8/c22-18(23)20-15-9-17(27-10-14-11-28-19(24)29-14)13(8-16(15)21(25)26)7-6-12-4-2-1-3-5-12/h1-5,8-9,14,20H,10-11H2,(H,22,23). The van der Waals surface area contributed by atoms with Crippen molar-refractivity contribution in [2.45, 2.75) is 6.10 Å². The maximum atomic E-state index is 11.4. The molecule has 148 valence electrons. The van der Waals surface area contributed by atoms with Gasteiger partial charge in [-0.25, -0.2) is 9.59 Å². The number of carbonyl (C=O) groups excluding carboxylic acids is 1. The van der Waals surface area contributed by atoms with Crippen molar-refractivity contribution in [2.75, 3.05) is 18.5 Å². The molecule has 0 aromatic heterocycles. The quantitative estimate of drug-likeness (QED) is 0.339. The van der Waals surface area contributed by atoms with Gasteiger partial charge in [-0.15, -0.1) is 0 Å². The molecule has 1 atom stereocenters. The summed E-state index contributed by atoms with van der Waals surface area (Å²) in [4.78, 5) is 32.6. The smallest absolute Gasteiger partial charge is 0.488 e. The number of nitrogens with zero attached hydrogens (tertiary/aromatic N) is 1. The van der Waals surface area contributed by atoms with Gasteiger partial charge in [0.05, 0.1) is 10.5 Å². The number of benzene rings is 2. The Kier molecular flexibility index (Phi) is 5.80. The van der Waals surface area contributed by atoms with Gasteiger partial charge in [0, 0.05) is 17.7 Å². The number of ether oxygens (including phenoxy) is 3. The highest BCUT2D eigenvalue weighted by Gasteiger charge is 2.27. The number of cyclic esters (lactones) is 2. The number of hydrogen-bond donors (Lipinski definition) is 2. The van der Waals surface area contributed by atoms with Crippen LogP contribution in [0.3, 0.4) is 0 Å². The molecule has 1 aliphatic rings. The minimum atomic E-state index is -1.47. The van der Waals surface area contributed by atoms with E-state index in [9.17, 15) is 19.7 Å². The van der Waals surface area contributed by atoms with Crippen molar-refractivity contribution in [2.24, 2.45) is 0 Å². The molecule has 1 aliphatic heterocycles. The number of nitrogens with one attached hydrogen (secondary N) is 1. The largest absolute Gasteiger partial charge is 0.508 e. The summed E-state index contributed by atoms with van der Waals surface area (Å²) in [6, 6.07) is 11.2. The number of anilines is 1. The SMILES string of the molecule is O=C(O)Nc1cc(OCC2COC(=O)O2)c(C#Cc2ccccc2)cc1[N+](=O)[O-]. The third-order valence-corrected chi connectivity index (χ3v) is 3.73. The predicted molar refractivity (Wildman–Crippen MR) is 98.9 cm³/mol. The predicted octanol–water partition coefficient (Wildman–Crippen LogP) is 3.00. The van der Waals surface area contributed by atoms with E-state index in [1.54, 1.807) is 24.3 Å². The van der Waals surface area contributed by atoms with Crippen molar-refractivity contribution >= 4 is 23.6 Å². The van der Waals surface area contributed by atoms with E-state index in [0.717, 1.165) is 6.07 Å². The fourth-order valence-corrected chi connectivity index (χ4v) is 2.44. The average molecular weight is 398 g/mol. The summed E-state index contributed by atoms with van der Waals surface area (Å²) in [7, 11) is 0. The van der Waals surface area contributed by atoms with Crippen molar-refractivity contribution in [1.29, 1.82) is 0 Å². The van der Waals surface area contributed by atoms with Crippen molar-refractivity contribution in [3.05, 3.63) is 63.7 Å². The Morgan fingerprint density at radius 1 is 1.31 bits per heavy atom. The van der Waals surface area contributed by atoms with E-state index < -0.39 is 29.0 Å². The van der Waals surface area contributed by atoms with Gasteiger partial charge < -0.3 is 19.3 Å². The minimum Gasteiger partial charge on any atom is -0.488 e. The molecule has 1 amide bonds. The molecule has 0 aliphatic carbocycles. The van der Waals surface area contributed by atoms with Gasteiger partial charge in [-0.2, -0.15) is 0 Å². The van der Waals surface area contributed by atoms with E-state index in [2.05, 4.69) is 16.6 Å². The van der Waals surface area contributed by atoms with Crippen LogP contribution in [-0.2, 0) is 9.47 Å². The zero-order chi connectivity index (χ0) is 20.8. The van der Waals surface area contributed by atoms with E-state index >= 15 is 0 Å². The lowest BCUT2D eigenvalue weighted by Crippen LogP contribution is -2.20. The maximum absolute atomic E-state index is 11.4. The molecule has 1 saturated heterocycles. The molecular formula is C19H14N2O8. The van der Waals surface area contributed by atoms with Crippen LogP contribution in [0.2, 0.25) is 0 Å². The highest BCUT2D eigenvalue weighted by Crippen LogP contribution is 2.33. The van der Waals surface area contributed by atoms with E-state index in [4.69, 9.17) is 14.6 Å². The Balaban J connectivity index is 1.96. The lowest BCUT2D eigenvalue weighted by atomic mass is 10.1. The second-order valence-corrected chi connectivity index (χ2v) is 5.78. The summed E-state index contributed by atoms with van der Waals surface area (Å²) >= 11 is 0. The van der Waals surface area contributed by atoms with Gasteiger partial charge in [-0.1, -0.05) is 30.0 Å². The van der Waals surface area contributed by atoms with Gasteiger partial charge in [-0.3, -0.25) is 15.4 Å². The van der Waals surface area contributed by atoms with Crippen LogP contribution in [0.1, 0.15) is 11.1 Å². The molecule has 0 radical (unpaired) electrons. The topological polar surface area (TPSA) is 137 Å². The van der Waals surface area contributed by atoms with Crippen LogP contribution in [-0.4, -0.2) is 41.6 Å². The van der Waals surface area contributed by atoms with Crippen LogP contribution < -0.4 is 10.1 Å². The molecular weight excluding hydrogens is 384 g/mol. The van der Waals surface area contributed by atoms with Gasteiger partial charge in [0.15, 0.2) is 6.10 Å². The van der Waals surface area contributed by atoms with Gasteiger partial charge >= 0.3 is 12.2 Å². The average Bonchev–Trinajstić information content (AvgIpc) is 3.10.